The van der Waals surface area contributed by atoms with Gasteiger partial charge in [-0.2, -0.15) is 0 Å². The Balaban J connectivity index is 1.95. The standard InChI is InChI=1S/C14H18O2/c1-2-4-12-14(15)11-7-9-5-3-6-10(9)8-13(11)16-12/h7-8,12,14-15H,2-6H2,1H3. The van der Waals surface area contributed by atoms with Crippen LogP contribution in [0.5, 0.6) is 5.75 Å². The molecule has 2 atom stereocenters. The van der Waals surface area contributed by atoms with Gasteiger partial charge in [0.15, 0.2) is 0 Å². The number of aryl methyl sites for hydroxylation is 2. The molecule has 1 aromatic carbocycles. The second kappa shape index (κ2) is 3.77. The van der Waals surface area contributed by atoms with Crippen LogP contribution in [0.3, 0.4) is 0 Å². The summed E-state index contributed by atoms with van der Waals surface area (Å²) in [7, 11) is 0. The monoisotopic (exact) mass is 218 g/mol. The van der Waals surface area contributed by atoms with Crippen molar-refractivity contribution in [2.24, 2.45) is 0 Å². The highest BCUT2D eigenvalue weighted by atomic mass is 16.5. The third kappa shape index (κ3) is 1.44. The van der Waals surface area contributed by atoms with E-state index in [-0.39, 0.29) is 6.10 Å². The van der Waals surface area contributed by atoms with Crippen LogP contribution in [0.4, 0.5) is 0 Å². The number of aliphatic hydroxyl groups excluding tert-OH is 1. The van der Waals surface area contributed by atoms with Crippen LogP contribution >= 0.6 is 0 Å². The van der Waals surface area contributed by atoms with E-state index in [0.717, 1.165) is 30.6 Å². The Kier molecular flexibility index (Phi) is 2.40. The zero-order chi connectivity index (χ0) is 11.1. The van der Waals surface area contributed by atoms with Gasteiger partial charge in [-0.1, -0.05) is 13.3 Å². The molecule has 1 aliphatic carbocycles. The van der Waals surface area contributed by atoms with Gasteiger partial charge in [0.1, 0.15) is 18.0 Å². The maximum Gasteiger partial charge on any atom is 0.129 e. The fourth-order valence-corrected chi connectivity index (χ4v) is 2.88. The molecule has 0 aromatic heterocycles. The second-order valence-electron chi connectivity index (χ2n) is 4.90. The minimum Gasteiger partial charge on any atom is -0.487 e. The largest absolute Gasteiger partial charge is 0.487 e. The quantitative estimate of drug-likeness (QED) is 0.827. The summed E-state index contributed by atoms with van der Waals surface area (Å²) in [5.41, 5.74) is 3.85. The zero-order valence-corrected chi connectivity index (χ0v) is 9.70. The van der Waals surface area contributed by atoms with E-state index in [1.165, 1.54) is 24.0 Å². The predicted octanol–water partition coefficient (Wildman–Crippen LogP) is 2.77. The molecule has 2 aliphatic rings. The molecule has 1 aromatic rings. The lowest BCUT2D eigenvalue weighted by Gasteiger charge is -2.12. The van der Waals surface area contributed by atoms with E-state index in [0.29, 0.717) is 0 Å². The van der Waals surface area contributed by atoms with Gasteiger partial charge in [-0.25, -0.2) is 0 Å². The first-order chi connectivity index (χ1) is 7.79. The Morgan fingerprint density at radius 3 is 2.81 bits per heavy atom. The summed E-state index contributed by atoms with van der Waals surface area (Å²) in [6, 6.07) is 4.31. The molecule has 1 N–H and O–H groups in total. The molecular weight excluding hydrogens is 200 g/mol. The predicted molar refractivity (Wildman–Crippen MR) is 62.8 cm³/mol. The van der Waals surface area contributed by atoms with E-state index >= 15 is 0 Å². The number of benzene rings is 1. The molecule has 1 heterocycles. The first-order valence-electron chi connectivity index (χ1n) is 6.30. The molecule has 86 valence electrons. The van der Waals surface area contributed by atoms with E-state index in [1.54, 1.807) is 0 Å². The van der Waals surface area contributed by atoms with E-state index in [2.05, 4.69) is 19.1 Å². The minimum absolute atomic E-state index is 0.0254. The van der Waals surface area contributed by atoms with Gasteiger partial charge >= 0.3 is 0 Å². The van der Waals surface area contributed by atoms with Crippen molar-refractivity contribution in [3.63, 3.8) is 0 Å². The maximum absolute atomic E-state index is 10.2. The molecule has 0 spiro atoms. The summed E-state index contributed by atoms with van der Waals surface area (Å²) < 4.78 is 5.83. The van der Waals surface area contributed by atoms with Crippen LogP contribution in [-0.4, -0.2) is 11.2 Å². The molecule has 0 amide bonds. The van der Waals surface area contributed by atoms with Crippen LogP contribution < -0.4 is 4.74 Å². The van der Waals surface area contributed by atoms with Crippen molar-refractivity contribution in [2.75, 3.05) is 0 Å². The second-order valence-corrected chi connectivity index (χ2v) is 4.90. The van der Waals surface area contributed by atoms with E-state index in [4.69, 9.17) is 4.74 Å². The Morgan fingerprint density at radius 2 is 2.06 bits per heavy atom. The summed E-state index contributed by atoms with van der Waals surface area (Å²) in [5.74, 6) is 0.923. The van der Waals surface area contributed by atoms with Gasteiger partial charge in [-0.05, 0) is 48.9 Å². The Hall–Kier alpha value is -1.02. The van der Waals surface area contributed by atoms with E-state index < -0.39 is 6.10 Å². The molecule has 16 heavy (non-hydrogen) atoms. The summed E-state index contributed by atoms with van der Waals surface area (Å²) in [5, 5.41) is 10.2. The highest BCUT2D eigenvalue weighted by Crippen LogP contribution is 2.41. The van der Waals surface area contributed by atoms with E-state index in [9.17, 15) is 5.11 Å². The summed E-state index contributed by atoms with van der Waals surface area (Å²) >= 11 is 0. The van der Waals surface area contributed by atoms with Gasteiger partial charge in [-0.3, -0.25) is 0 Å². The number of ether oxygens (including phenoxy) is 1. The van der Waals surface area contributed by atoms with Crippen molar-refractivity contribution in [1.29, 1.82) is 0 Å². The van der Waals surface area contributed by atoms with Crippen LogP contribution in [0, 0.1) is 0 Å². The first-order valence-corrected chi connectivity index (χ1v) is 6.30. The van der Waals surface area contributed by atoms with Crippen molar-refractivity contribution in [2.45, 2.75) is 51.2 Å². The van der Waals surface area contributed by atoms with Crippen molar-refractivity contribution in [1.82, 2.24) is 0 Å². The van der Waals surface area contributed by atoms with Crippen LogP contribution in [0.1, 0.15) is 49.0 Å². The molecule has 3 rings (SSSR count). The number of fused-ring (bicyclic) bond motifs is 2. The van der Waals surface area contributed by atoms with Crippen LogP contribution in [0.25, 0.3) is 0 Å². The third-order valence-corrected chi connectivity index (χ3v) is 3.75. The Bertz CT molecular complexity index is 411. The first kappa shape index (κ1) is 10.2. The van der Waals surface area contributed by atoms with Gasteiger partial charge in [0, 0.05) is 5.56 Å². The Labute approximate surface area is 96.2 Å². The van der Waals surface area contributed by atoms with Gasteiger partial charge in [0.2, 0.25) is 0 Å². The lowest BCUT2D eigenvalue weighted by Crippen LogP contribution is -2.17. The molecule has 2 heteroatoms. The number of aliphatic hydroxyl groups is 1. The molecule has 0 saturated carbocycles. The van der Waals surface area contributed by atoms with Crippen molar-refractivity contribution in [3.8, 4) is 5.75 Å². The molecule has 2 unspecified atom stereocenters. The van der Waals surface area contributed by atoms with Crippen LogP contribution in [-0.2, 0) is 12.8 Å². The highest BCUT2D eigenvalue weighted by molar-refractivity contribution is 5.48. The topological polar surface area (TPSA) is 29.5 Å². The van der Waals surface area contributed by atoms with Crippen molar-refractivity contribution < 1.29 is 9.84 Å². The van der Waals surface area contributed by atoms with Crippen molar-refractivity contribution >= 4 is 0 Å². The molecule has 0 bridgehead atoms. The Morgan fingerprint density at radius 1 is 1.31 bits per heavy atom. The van der Waals surface area contributed by atoms with Crippen LogP contribution in [0.2, 0.25) is 0 Å². The van der Waals surface area contributed by atoms with Gasteiger partial charge in [0.25, 0.3) is 0 Å². The minimum atomic E-state index is -0.416. The van der Waals surface area contributed by atoms with Gasteiger partial charge < -0.3 is 9.84 Å². The SMILES string of the molecule is CCCC1Oc2cc3c(cc2C1O)CCC3. The number of hydrogen-bond donors (Lipinski definition) is 1. The number of rotatable bonds is 2. The third-order valence-electron chi connectivity index (χ3n) is 3.75. The average Bonchev–Trinajstić information content (AvgIpc) is 2.83. The normalized spacial score (nSPS) is 26.4. The number of hydrogen-bond acceptors (Lipinski definition) is 2. The molecule has 0 radical (unpaired) electrons. The molecule has 0 saturated heterocycles. The lowest BCUT2D eigenvalue weighted by molar-refractivity contribution is 0.0616. The zero-order valence-electron chi connectivity index (χ0n) is 9.70. The molecule has 2 nitrogen and oxygen atoms in total. The highest BCUT2D eigenvalue weighted by Gasteiger charge is 2.33. The maximum atomic E-state index is 10.2. The summed E-state index contributed by atoms with van der Waals surface area (Å²) in [6.45, 7) is 2.12. The molecular formula is C14H18O2. The van der Waals surface area contributed by atoms with E-state index in [1.807, 2.05) is 0 Å². The lowest BCUT2D eigenvalue weighted by atomic mass is 9.99. The van der Waals surface area contributed by atoms with Crippen LogP contribution in [0.15, 0.2) is 12.1 Å². The fourth-order valence-electron chi connectivity index (χ4n) is 2.88. The molecule has 0 fully saturated rings. The average molecular weight is 218 g/mol. The summed E-state index contributed by atoms with van der Waals surface area (Å²) in [6.07, 6.45) is 5.11. The van der Waals surface area contributed by atoms with Gasteiger partial charge in [0.05, 0.1) is 0 Å². The fraction of sp³-hybridized carbons (Fsp3) is 0.571. The smallest absolute Gasteiger partial charge is 0.129 e. The van der Waals surface area contributed by atoms with Crippen molar-refractivity contribution in [3.05, 3.63) is 28.8 Å². The summed E-state index contributed by atoms with van der Waals surface area (Å²) in [4.78, 5) is 0. The molecule has 1 aliphatic heterocycles. The van der Waals surface area contributed by atoms with Gasteiger partial charge in [-0.15, -0.1) is 0 Å².